The molecule has 1 aromatic rings. The molecule has 1 amide bonds. The fourth-order valence-corrected chi connectivity index (χ4v) is 1.88. The third-order valence-corrected chi connectivity index (χ3v) is 3.19. The number of amides is 1. The molecular formula is C15H22N2O. The molecule has 1 aliphatic carbocycles. The van der Waals surface area contributed by atoms with Crippen LogP contribution in [-0.4, -0.2) is 19.0 Å². The van der Waals surface area contributed by atoms with Crippen molar-refractivity contribution in [1.82, 2.24) is 5.32 Å². The van der Waals surface area contributed by atoms with Gasteiger partial charge in [-0.25, -0.2) is 0 Å². The van der Waals surface area contributed by atoms with Gasteiger partial charge in [-0.05, 0) is 56.5 Å². The monoisotopic (exact) mass is 246 g/mol. The molecule has 1 aromatic carbocycles. The van der Waals surface area contributed by atoms with Crippen LogP contribution in [0.5, 0.6) is 0 Å². The van der Waals surface area contributed by atoms with Gasteiger partial charge in [-0.2, -0.15) is 0 Å². The van der Waals surface area contributed by atoms with E-state index >= 15 is 0 Å². The van der Waals surface area contributed by atoms with Crippen molar-refractivity contribution in [1.29, 1.82) is 0 Å². The third-order valence-electron chi connectivity index (χ3n) is 3.19. The quantitative estimate of drug-likeness (QED) is 0.726. The predicted molar refractivity (Wildman–Crippen MR) is 74.7 cm³/mol. The molecule has 0 unspecified atom stereocenters. The summed E-state index contributed by atoms with van der Waals surface area (Å²) in [5, 5.41) is 6.34. The smallest absolute Gasteiger partial charge is 0.227 e. The maximum atomic E-state index is 11.6. The Morgan fingerprint density at radius 1 is 1.22 bits per heavy atom. The Morgan fingerprint density at radius 2 is 1.94 bits per heavy atom. The Balaban J connectivity index is 1.75. The summed E-state index contributed by atoms with van der Waals surface area (Å²) in [7, 11) is 0. The largest absolute Gasteiger partial charge is 0.326 e. The number of anilines is 1. The van der Waals surface area contributed by atoms with Gasteiger partial charge in [-0.15, -0.1) is 0 Å². The first-order valence-electron chi connectivity index (χ1n) is 6.90. The van der Waals surface area contributed by atoms with Crippen LogP contribution in [0.4, 0.5) is 5.69 Å². The molecule has 0 aromatic heterocycles. The molecule has 0 aliphatic heterocycles. The molecule has 1 saturated carbocycles. The molecule has 0 bridgehead atoms. The first-order chi connectivity index (χ1) is 8.79. The van der Waals surface area contributed by atoms with Crippen molar-refractivity contribution in [3.63, 3.8) is 0 Å². The average Bonchev–Trinajstić information content (AvgIpc) is 3.21. The Kier molecular flexibility index (Phi) is 4.76. The molecule has 2 rings (SSSR count). The summed E-state index contributed by atoms with van der Waals surface area (Å²) < 4.78 is 0. The second kappa shape index (κ2) is 6.55. The highest BCUT2D eigenvalue weighted by molar-refractivity contribution is 5.93. The van der Waals surface area contributed by atoms with Gasteiger partial charge in [0.1, 0.15) is 0 Å². The summed E-state index contributed by atoms with van der Waals surface area (Å²) in [5.74, 6) is 0.440. The van der Waals surface area contributed by atoms with E-state index < -0.39 is 0 Å². The molecule has 3 nitrogen and oxygen atoms in total. The van der Waals surface area contributed by atoms with Crippen molar-refractivity contribution >= 4 is 11.6 Å². The van der Waals surface area contributed by atoms with Crippen molar-refractivity contribution < 1.29 is 4.79 Å². The average molecular weight is 246 g/mol. The van der Waals surface area contributed by atoms with Crippen molar-refractivity contribution in [2.24, 2.45) is 5.92 Å². The van der Waals surface area contributed by atoms with E-state index in [4.69, 9.17) is 0 Å². The van der Waals surface area contributed by atoms with E-state index in [0.717, 1.165) is 38.0 Å². The van der Waals surface area contributed by atoms with Crippen molar-refractivity contribution in [2.75, 3.05) is 18.4 Å². The van der Waals surface area contributed by atoms with Gasteiger partial charge in [0.05, 0.1) is 0 Å². The van der Waals surface area contributed by atoms with Crippen molar-refractivity contribution in [3.05, 3.63) is 29.8 Å². The third kappa shape index (κ3) is 4.15. The van der Waals surface area contributed by atoms with Gasteiger partial charge in [0, 0.05) is 11.6 Å². The summed E-state index contributed by atoms with van der Waals surface area (Å²) in [6.45, 7) is 4.27. The highest BCUT2D eigenvalue weighted by Crippen LogP contribution is 2.30. The number of benzene rings is 1. The Hall–Kier alpha value is -1.35. The molecule has 0 saturated heterocycles. The van der Waals surface area contributed by atoms with E-state index in [2.05, 4.69) is 29.7 Å². The van der Waals surface area contributed by atoms with E-state index in [-0.39, 0.29) is 11.8 Å². The van der Waals surface area contributed by atoms with Gasteiger partial charge in [0.25, 0.3) is 0 Å². The minimum Gasteiger partial charge on any atom is -0.326 e. The van der Waals surface area contributed by atoms with Gasteiger partial charge >= 0.3 is 0 Å². The number of carbonyl (C=O) groups is 1. The van der Waals surface area contributed by atoms with Gasteiger partial charge in [0.15, 0.2) is 0 Å². The maximum absolute atomic E-state index is 11.6. The first kappa shape index (κ1) is 13.1. The van der Waals surface area contributed by atoms with Crippen LogP contribution < -0.4 is 10.6 Å². The second-order valence-corrected chi connectivity index (χ2v) is 4.96. The van der Waals surface area contributed by atoms with Crippen LogP contribution in [-0.2, 0) is 11.2 Å². The number of nitrogens with one attached hydrogen (secondary N) is 2. The zero-order chi connectivity index (χ0) is 12.8. The maximum Gasteiger partial charge on any atom is 0.227 e. The molecular weight excluding hydrogens is 224 g/mol. The van der Waals surface area contributed by atoms with Gasteiger partial charge in [-0.1, -0.05) is 19.1 Å². The van der Waals surface area contributed by atoms with Crippen LogP contribution in [0.1, 0.15) is 31.7 Å². The van der Waals surface area contributed by atoms with E-state index in [1.807, 2.05) is 12.1 Å². The zero-order valence-electron chi connectivity index (χ0n) is 11.0. The molecule has 0 atom stereocenters. The Labute approximate surface area is 109 Å². The normalized spacial score (nSPS) is 14.5. The van der Waals surface area contributed by atoms with E-state index in [1.54, 1.807) is 0 Å². The number of carbonyl (C=O) groups excluding carboxylic acids is 1. The molecule has 0 radical (unpaired) electrons. The Bertz CT molecular complexity index is 382. The van der Waals surface area contributed by atoms with E-state index in [0.29, 0.717) is 0 Å². The van der Waals surface area contributed by atoms with Crippen LogP contribution in [0, 0.1) is 5.92 Å². The number of hydrogen-bond acceptors (Lipinski definition) is 2. The lowest BCUT2D eigenvalue weighted by Gasteiger charge is -2.06. The number of hydrogen-bond donors (Lipinski definition) is 2. The first-order valence-corrected chi connectivity index (χ1v) is 6.90. The zero-order valence-corrected chi connectivity index (χ0v) is 11.0. The van der Waals surface area contributed by atoms with Crippen LogP contribution in [0.25, 0.3) is 0 Å². The lowest BCUT2D eigenvalue weighted by molar-refractivity contribution is -0.117. The molecule has 1 aliphatic rings. The Morgan fingerprint density at radius 3 is 2.56 bits per heavy atom. The molecule has 0 spiro atoms. The summed E-state index contributed by atoms with van der Waals surface area (Å²) in [6, 6.07) is 8.18. The topological polar surface area (TPSA) is 41.1 Å². The van der Waals surface area contributed by atoms with Crippen LogP contribution >= 0.6 is 0 Å². The van der Waals surface area contributed by atoms with Gasteiger partial charge in [0.2, 0.25) is 5.91 Å². The number of rotatable bonds is 7. The van der Waals surface area contributed by atoms with Crippen molar-refractivity contribution in [2.45, 2.75) is 32.6 Å². The minimum atomic E-state index is 0.173. The lowest BCUT2D eigenvalue weighted by Crippen LogP contribution is -2.17. The standard InChI is InChI=1S/C15H22N2O/c1-2-10-16-11-9-12-3-7-14(8-4-12)17-15(18)13-5-6-13/h3-4,7-8,13,16H,2,5-6,9-11H2,1H3,(H,17,18). The molecule has 18 heavy (non-hydrogen) atoms. The molecule has 98 valence electrons. The molecule has 3 heteroatoms. The lowest BCUT2D eigenvalue weighted by atomic mass is 10.1. The summed E-state index contributed by atoms with van der Waals surface area (Å²) in [4.78, 5) is 11.6. The van der Waals surface area contributed by atoms with Crippen molar-refractivity contribution in [3.8, 4) is 0 Å². The van der Waals surface area contributed by atoms with Gasteiger partial charge in [-0.3, -0.25) is 4.79 Å². The van der Waals surface area contributed by atoms with Crippen LogP contribution in [0.15, 0.2) is 24.3 Å². The van der Waals surface area contributed by atoms with E-state index in [9.17, 15) is 4.79 Å². The SMILES string of the molecule is CCCNCCc1ccc(NC(=O)C2CC2)cc1. The predicted octanol–water partition coefficient (Wildman–Crippen LogP) is 2.58. The summed E-state index contributed by atoms with van der Waals surface area (Å²) >= 11 is 0. The molecule has 0 heterocycles. The van der Waals surface area contributed by atoms with Gasteiger partial charge < -0.3 is 10.6 Å². The highest BCUT2D eigenvalue weighted by Gasteiger charge is 2.29. The fourth-order valence-electron chi connectivity index (χ4n) is 1.88. The molecule has 1 fully saturated rings. The van der Waals surface area contributed by atoms with Crippen LogP contribution in [0.2, 0.25) is 0 Å². The minimum absolute atomic E-state index is 0.173. The van der Waals surface area contributed by atoms with E-state index in [1.165, 1.54) is 12.0 Å². The molecule has 2 N–H and O–H groups in total. The summed E-state index contributed by atoms with van der Waals surface area (Å²) in [5.41, 5.74) is 2.22. The van der Waals surface area contributed by atoms with Crippen LogP contribution in [0.3, 0.4) is 0 Å². The summed E-state index contributed by atoms with van der Waals surface area (Å²) in [6.07, 6.45) is 4.31. The highest BCUT2D eigenvalue weighted by atomic mass is 16.2. The fraction of sp³-hybridized carbons (Fsp3) is 0.533. The second-order valence-electron chi connectivity index (χ2n) is 4.96.